The number of hydrogen-bond acceptors (Lipinski definition) is 3. The molecular weight excluding hydrogens is 320 g/mol. The molecule has 0 fully saturated rings. The molecular formula is C16H17ClN2O2S. The first-order valence-corrected chi connectivity index (χ1v) is 7.95. The molecule has 0 atom stereocenters. The molecule has 0 bridgehead atoms. The quantitative estimate of drug-likeness (QED) is 0.924. The third-order valence-electron chi connectivity index (χ3n) is 3.39. The fourth-order valence-electron chi connectivity index (χ4n) is 1.98. The summed E-state index contributed by atoms with van der Waals surface area (Å²) < 4.78 is 0.552. The van der Waals surface area contributed by atoms with E-state index in [1.54, 1.807) is 19.2 Å². The zero-order valence-corrected chi connectivity index (χ0v) is 14.2. The van der Waals surface area contributed by atoms with E-state index in [4.69, 9.17) is 11.6 Å². The average Bonchev–Trinajstić information content (AvgIpc) is 2.89. The van der Waals surface area contributed by atoms with E-state index >= 15 is 0 Å². The summed E-state index contributed by atoms with van der Waals surface area (Å²) in [5.41, 5.74) is 2.90. The number of nitrogens with zero attached hydrogens (tertiary/aromatic N) is 1. The molecule has 116 valence electrons. The van der Waals surface area contributed by atoms with Crippen LogP contribution in [0.1, 0.15) is 20.8 Å². The van der Waals surface area contributed by atoms with Crippen molar-refractivity contribution in [1.29, 1.82) is 0 Å². The molecule has 22 heavy (non-hydrogen) atoms. The zero-order valence-electron chi connectivity index (χ0n) is 12.6. The fraction of sp³-hybridized carbons (Fsp3) is 0.250. The number of nitrogens with one attached hydrogen (secondary N) is 1. The summed E-state index contributed by atoms with van der Waals surface area (Å²) in [6.07, 6.45) is 0. The summed E-state index contributed by atoms with van der Waals surface area (Å²) >= 11 is 7.03. The van der Waals surface area contributed by atoms with Crippen LogP contribution in [0.15, 0.2) is 30.3 Å². The van der Waals surface area contributed by atoms with Gasteiger partial charge in [-0.3, -0.25) is 9.59 Å². The van der Waals surface area contributed by atoms with Crippen molar-refractivity contribution in [2.24, 2.45) is 0 Å². The summed E-state index contributed by atoms with van der Waals surface area (Å²) in [7, 11) is 1.60. The van der Waals surface area contributed by atoms with Crippen LogP contribution in [-0.2, 0) is 4.79 Å². The van der Waals surface area contributed by atoms with Crippen molar-refractivity contribution >= 4 is 40.4 Å². The lowest BCUT2D eigenvalue weighted by Gasteiger charge is -2.17. The van der Waals surface area contributed by atoms with Gasteiger partial charge in [-0.25, -0.2) is 0 Å². The van der Waals surface area contributed by atoms with E-state index in [0.29, 0.717) is 9.21 Å². The van der Waals surface area contributed by atoms with Gasteiger partial charge < -0.3 is 10.2 Å². The first-order chi connectivity index (χ1) is 10.4. The summed E-state index contributed by atoms with van der Waals surface area (Å²) in [6.45, 7) is 3.93. The summed E-state index contributed by atoms with van der Waals surface area (Å²) in [5.74, 6) is -0.444. The highest BCUT2D eigenvalue weighted by atomic mass is 35.5. The van der Waals surface area contributed by atoms with E-state index in [1.807, 2.05) is 32.0 Å². The highest BCUT2D eigenvalue weighted by Crippen LogP contribution is 2.22. The molecule has 0 saturated heterocycles. The van der Waals surface area contributed by atoms with Gasteiger partial charge in [0.1, 0.15) is 0 Å². The predicted molar refractivity (Wildman–Crippen MR) is 90.8 cm³/mol. The minimum Gasteiger partial charge on any atom is -0.332 e. The number of aryl methyl sites for hydroxylation is 1. The summed E-state index contributed by atoms with van der Waals surface area (Å²) in [4.78, 5) is 26.2. The molecule has 0 radical (unpaired) electrons. The molecule has 0 aliphatic heterocycles. The maximum absolute atomic E-state index is 12.2. The molecule has 1 aromatic heterocycles. The van der Waals surface area contributed by atoms with Crippen LogP contribution in [0, 0.1) is 13.8 Å². The second-order valence-electron chi connectivity index (χ2n) is 5.06. The van der Waals surface area contributed by atoms with Crippen LogP contribution in [0.2, 0.25) is 4.34 Å². The van der Waals surface area contributed by atoms with Crippen molar-refractivity contribution in [2.45, 2.75) is 13.8 Å². The van der Waals surface area contributed by atoms with Gasteiger partial charge in [0.2, 0.25) is 5.91 Å². The van der Waals surface area contributed by atoms with Gasteiger partial charge in [0.25, 0.3) is 5.91 Å². The number of benzene rings is 1. The maximum atomic E-state index is 12.2. The van der Waals surface area contributed by atoms with Crippen LogP contribution in [0.5, 0.6) is 0 Å². The Balaban J connectivity index is 1.99. The van der Waals surface area contributed by atoms with Crippen LogP contribution in [0.3, 0.4) is 0 Å². The molecule has 0 aliphatic carbocycles. The maximum Gasteiger partial charge on any atom is 0.264 e. The predicted octanol–water partition coefficient (Wildman–Crippen LogP) is 3.73. The van der Waals surface area contributed by atoms with Gasteiger partial charge in [-0.2, -0.15) is 0 Å². The van der Waals surface area contributed by atoms with E-state index in [9.17, 15) is 9.59 Å². The molecule has 2 rings (SSSR count). The Morgan fingerprint density at radius 2 is 1.95 bits per heavy atom. The zero-order chi connectivity index (χ0) is 16.3. The minimum atomic E-state index is -0.229. The number of carbonyl (C=O) groups excluding carboxylic acids is 2. The molecule has 0 unspecified atom stereocenters. The number of thiophene rings is 1. The first-order valence-electron chi connectivity index (χ1n) is 6.75. The van der Waals surface area contributed by atoms with Crippen molar-refractivity contribution < 1.29 is 9.59 Å². The monoisotopic (exact) mass is 336 g/mol. The van der Waals surface area contributed by atoms with Crippen LogP contribution < -0.4 is 5.32 Å². The number of likely N-dealkylation sites (N-methyl/N-ethyl adjacent to an activating group) is 1. The molecule has 1 heterocycles. The molecule has 2 amide bonds. The van der Waals surface area contributed by atoms with Gasteiger partial charge in [0.05, 0.1) is 15.8 Å². The second kappa shape index (κ2) is 6.94. The Morgan fingerprint density at radius 1 is 1.23 bits per heavy atom. The Bertz CT molecular complexity index is 712. The highest BCUT2D eigenvalue weighted by molar-refractivity contribution is 7.17. The molecule has 1 aromatic carbocycles. The fourth-order valence-corrected chi connectivity index (χ4v) is 3.02. The molecule has 0 spiro atoms. The normalized spacial score (nSPS) is 10.4. The molecule has 0 aliphatic rings. The second-order valence-corrected chi connectivity index (χ2v) is 6.78. The summed E-state index contributed by atoms with van der Waals surface area (Å²) in [5, 5.41) is 2.84. The van der Waals surface area contributed by atoms with Crippen molar-refractivity contribution in [3.05, 3.63) is 50.7 Å². The van der Waals surface area contributed by atoms with Gasteiger partial charge in [-0.15, -0.1) is 11.3 Å². The van der Waals surface area contributed by atoms with Gasteiger partial charge in [-0.05, 0) is 43.2 Å². The van der Waals surface area contributed by atoms with Gasteiger partial charge in [0.15, 0.2) is 0 Å². The van der Waals surface area contributed by atoms with E-state index in [0.717, 1.165) is 16.8 Å². The summed E-state index contributed by atoms with van der Waals surface area (Å²) in [6, 6.07) is 9.06. The lowest BCUT2D eigenvalue weighted by atomic mass is 10.1. The Kier molecular flexibility index (Phi) is 5.21. The van der Waals surface area contributed by atoms with E-state index in [-0.39, 0.29) is 18.4 Å². The van der Waals surface area contributed by atoms with Crippen LogP contribution in [0.25, 0.3) is 0 Å². The van der Waals surface area contributed by atoms with Crippen molar-refractivity contribution in [2.75, 3.05) is 18.9 Å². The van der Waals surface area contributed by atoms with Crippen LogP contribution >= 0.6 is 22.9 Å². The van der Waals surface area contributed by atoms with E-state index < -0.39 is 0 Å². The Labute approximate surface area is 138 Å². The Hall–Kier alpha value is -1.85. The number of hydrogen-bond donors (Lipinski definition) is 1. The van der Waals surface area contributed by atoms with E-state index in [1.165, 1.54) is 16.2 Å². The Morgan fingerprint density at radius 3 is 2.59 bits per heavy atom. The standard InChI is InChI=1S/C16H17ClN2O2S/c1-10-5-4-6-12(11(10)2)18-15(20)9-19(3)16(21)13-7-8-14(17)22-13/h4-8H,9H2,1-3H3,(H,18,20). The largest absolute Gasteiger partial charge is 0.332 e. The lowest BCUT2D eigenvalue weighted by Crippen LogP contribution is -2.34. The van der Waals surface area contributed by atoms with Gasteiger partial charge in [-0.1, -0.05) is 23.7 Å². The molecule has 2 aromatic rings. The van der Waals surface area contributed by atoms with Crippen molar-refractivity contribution in [3.63, 3.8) is 0 Å². The van der Waals surface area contributed by atoms with Crippen molar-refractivity contribution in [3.8, 4) is 0 Å². The number of carbonyl (C=O) groups is 2. The smallest absolute Gasteiger partial charge is 0.264 e. The highest BCUT2D eigenvalue weighted by Gasteiger charge is 2.17. The van der Waals surface area contributed by atoms with Gasteiger partial charge in [0, 0.05) is 12.7 Å². The topological polar surface area (TPSA) is 49.4 Å². The van der Waals surface area contributed by atoms with Crippen LogP contribution in [0.4, 0.5) is 5.69 Å². The van der Waals surface area contributed by atoms with E-state index in [2.05, 4.69) is 5.32 Å². The van der Waals surface area contributed by atoms with Crippen molar-refractivity contribution in [1.82, 2.24) is 4.90 Å². The number of rotatable bonds is 4. The molecule has 0 saturated carbocycles. The number of anilines is 1. The molecule has 4 nitrogen and oxygen atoms in total. The average molecular weight is 337 g/mol. The third kappa shape index (κ3) is 3.87. The molecule has 1 N–H and O–H groups in total. The minimum absolute atomic E-state index is 0.0122. The van der Waals surface area contributed by atoms with Crippen LogP contribution in [-0.4, -0.2) is 30.3 Å². The lowest BCUT2D eigenvalue weighted by molar-refractivity contribution is -0.116. The number of halogens is 1. The van der Waals surface area contributed by atoms with Gasteiger partial charge >= 0.3 is 0 Å². The number of amides is 2. The molecule has 6 heteroatoms. The third-order valence-corrected chi connectivity index (χ3v) is 4.61. The SMILES string of the molecule is Cc1cccc(NC(=O)CN(C)C(=O)c2ccc(Cl)s2)c1C. The first kappa shape index (κ1) is 16.5.